The van der Waals surface area contributed by atoms with Crippen molar-refractivity contribution in [1.29, 1.82) is 0 Å². The molecule has 1 N–H and O–H groups in total. The number of rotatable bonds is 9. The highest BCUT2D eigenvalue weighted by molar-refractivity contribution is 5.83. The van der Waals surface area contributed by atoms with Gasteiger partial charge in [-0.3, -0.25) is 9.69 Å². The lowest BCUT2D eigenvalue weighted by Gasteiger charge is -2.29. The van der Waals surface area contributed by atoms with Gasteiger partial charge in [-0.05, 0) is 46.7 Å². The molecule has 1 aliphatic heterocycles. The van der Waals surface area contributed by atoms with Gasteiger partial charge in [0.15, 0.2) is 17.3 Å². The molecular weight excluding hydrogens is 472 g/mol. The van der Waals surface area contributed by atoms with Crippen LogP contribution in [-0.2, 0) is 19.6 Å². The smallest absolute Gasteiger partial charge is 0.252 e. The Hall–Kier alpha value is -4.44. The van der Waals surface area contributed by atoms with Gasteiger partial charge >= 0.3 is 0 Å². The lowest BCUT2D eigenvalue weighted by molar-refractivity contribution is 0.149. The number of nitrogens with zero attached hydrogens (tertiary/aromatic N) is 5. The topological polar surface area (TPSA) is 111 Å². The van der Waals surface area contributed by atoms with E-state index in [1.807, 2.05) is 59.3 Å². The Kier molecular flexibility index (Phi) is 6.15. The van der Waals surface area contributed by atoms with Crippen molar-refractivity contribution in [1.82, 2.24) is 30.1 Å². The minimum Gasteiger partial charge on any atom is -0.468 e. The molecule has 0 saturated heterocycles. The van der Waals surface area contributed by atoms with Gasteiger partial charge in [0.1, 0.15) is 5.76 Å². The Morgan fingerprint density at radius 3 is 2.68 bits per heavy atom. The van der Waals surface area contributed by atoms with Crippen LogP contribution in [0.5, 0.6) is 11.5 Å². The van der Waals surface area contributed by atoms with Crippen LogP contribution in [0.25, 0.3) is 10.9 Å². The number of H-pyrrole nitrogens is 1. The zero-order valence-corrected chi connectivity index (χ0v) is 20.3. The predicted molar refractivity (Wildman–Crippen MR) is 135 cm³/mol. The third-order valence-corrected chi connectivity index (χ3v) is 6.59. The third kappa shape index (κ3) is 4.70. The maximum Gasteiger partial charge on any atom is 0.252 e. The first-order chi connectivity index (χ1) is 18.2. The Morgan fingerprint density at radius 2 is 1.89 bits per heavy atom. The molecule has 37 heavy (non-hydrogen) atoms. The highest BCUT2D eigenvalue weighted by Crippen LogP contribution is 2.35. The first kappa shape index (κ1) is 23.0. The molecule has 6 rings (SSSR count). The second-order valence-corrected chi connectivity index (χ2v) is 9.01. The van der Waals surface area contributed by atoms with Crippen LogP contribution in [0.1, 0.15) is 42.1 Å². The van der Waals surface area contributed by atoms with Crippen LogP contribution in [0.4, 0.5) is 0 Å². The number of aromatic amines is 1. The summed E-state index contributed by atoms with van der Waals surface area (Å²) in [5.41, 5.74) is 2.27. The predicted octanol–water partition coefficient (Wildman–Crippen LogP) is 4.04. The van der Waals surface area contributed by atoms with Crippen LogP contribution < -0.4 is 15.0 Å². The Labute approximate surface area is 212 Å². The van der Waals surface area contributed by atoms with Crippen LogP contribution in [0.15, 0.2) is 76.1 Å². The maximum atomic E-state index is 13.2. The van der Waals surface area contributed by atoms with E-state index in [0.29, 0.717) is 42.2 Å². The molecule has 4 heterocycles. The number of nitrogens with one attached hydrogen (secondary N) is 1. The number of aromatic nitrogens is 5. The van der Waals surface area contributed by atoms with E-state index >= 15 is 0 Å². The molecule has 1 aliphatic rings. The zero-order valence-electron chi connectivity index (χ0n) is 20.3. The van der Waals surface area contributed by atoms with Gasteiger partial charge in [-0.1, -0.05) is 37.3 Å². The highest BCUT2D eigenvalue weighted by Gasteiger charge is 2.27. The molecule has 1 atom stereocenters. The Morgan fingerprint density at radius 1 is 1.05 bits per heavy atom. The summed E-state index contributed by atoms with van der Waals surface area (Å²) in [6.45, 7) is 3.68. The van der Waals surface area contributed by atoms with E-state index in [-0.39, 0.29) is 18.4 Å². The first-order valence-corrected chi connectivity index (χ1v) is 12.2. The molecule has 0 fully saturated rings. The molecular formula is C27H26N6O4. The van der Waals surface area contributed by atoms with Crippen LogP contribution in [0, 0.1) is 0 Å². The molecule has 3 aromatic heterocycles. The molecule has 5 aromatic rings. The van der Waals surface area contributed by atoms with Crippen LogP contribution in [0.3, 0.4) is 0 Å². The molecule has 0 bridgehead atoms. The summed E-state index contributed by atoms with van der Waals surface area (Å²) in [7, 11) is 0. The van der Waals surface area contributed by atoms with Gasteiger partial charge < -0.3 is 18.9 Å². The zero-order chi connectivity index (χ0) is 25.2. The SMILES string of the molecule is CC[C@H](c1nnnn1Cc1ccccc1)N(Cc1ccco1)Cc1cc2cc3c(cc2[nH]c1=O)OCO3. The van der Waals surface area contributed by atoms with Gasteiger partial charge in [0.05, 0.1) is 30.9 Å². The second kappa shape index (κ2) is 9.90. The van der Waals surface area contributed by atoms with Crippen LogP contribution in [0.2, 0.25) is 0 Å². The second-order valence-electron chi connectivity index (χ2n) is 9.01. The van der Waals surface area contributed by atoms with Crippen molar-refractivity contribution in [2.45, 2.75) is 39.0 Å². The average Bonchev–Trinajstić information content (AvgIpc) is 3.68. The molecule has 188 valence electrons. The number of furan rings is 1. The minimum absolute atomic E-state index is 0.157. The van der Waals surface area contributed by atoms with E-state index in [4.69, 9.17) is 13.9 Å². The van der Waals surface area contributed by atoms with Crippen molar-refractivity contribution in [3.8, 4) is 11.5 Å². The normalized spacial score (nSPS) is 13.5. The quantitative estimate of drug-likeness (QED) is 0.324. The van der Waals surface area contributed by atoms with Gasteiger partial charge in [0.25, 0.3) is 5.56 Å². The van der Waals surface area contributed by atoms with Crippen molar-refractivity contribution in [2.24, 2.45) is 0 Å². The maximum absolute atomic E-state index is 13.2. The summed E-state index contributed by atoms with van der Waals surface area (Å²) in [5.74, 6) is 2.83. The number of pyridine rings is 1. The molecule has 0 amide bonds. The van der Waals surface area contributed by atoms with Crippen molar-refractivity contribution >= 4 is 10.9 Å². The van der Waals surface area contributed by atoms with E-state index in [9.17, 15) is 4.79 Å². The van der Waals surface area contributed by atoms with Crippen LogP contribution in [-0.4, -0.2) is 36.9 Å². The average molecular weight is 499 g/mol. The van der Waals surface area contributed by atoms with E-state index in [1.165, 1.54) is 0 Å². The highest BCUT2D eigenvalue weighted by atomic mass is 16.7. The summed E-state index contributed by atoms with van der Waals surface area (Å²) >= 11 is 0. The number of hydrogen-bond acceptors (Lipinski definition) is 8. The summed E-state index contributed by atoms with van der Waals surface area (Å²) < 4.78 is 18.5. The molecule has 10 nitrogen and oxygen atoms in total. The number of fused-ring (bicyclic) bond motifs is 2. The van der Waals surface area contributed by atoms with E-state index < -0.39 is 0 Å². The van der Waals surface area contributed by atoms with Crippen molar-refractivity contribution in [3.63, 3.8) is 0 Å². The largest absolute Gasteiger partial charge is 0.468 e. The van der Waals surface area contributed by atoms with Crippen LogP contribution >= 0.6 is 0 Å². The van der Waals surface area contributed by atoms with Crippen molar-refractivity contribution < 1.29 is 13.9 Å². The first-order valence-electron chi connectivity index (χ1n) is 12.2. The fourth-order valence-electron chi connectivity index (χ4n) is 4.78. The van der Waals surface area contributed by atoms with Gasteiger partial charge in [0, 0.05) is 23.6 Å². The summed E-state index contributed by atoms with van der Waals surface area (Å²) in [6.07, 6.45) is 2.39. The lowest BCUT2D eigenvalue weighted by atomic mass is 10.1. The van der Waals surface area contributed by atoms with E-state index in [2.05, 4.69) is 32.3 Å². The number of benzene rings is 2. The number of ether oxygens (including phenoxy) is 2. The lowest BCUT2D eigenvalue weighted by Crippen LogP contribution is -2.32. The number of hydrogen-bond donors (Lipinski definition) is 1. The fourth-order valence-corrected chi connectivity index (χ4v) is 4.78. The van der Waals surface area contributed by atoms with Crippen molar-refractivity contribution in [3.05, 3.63) is 100.0 Å². The summed E-state index contributed by atoms with van der Waals surface area (Å²) in [6, 6.07) is 19.3. The van der Waals surface area contributed by atoms with E-state index in [0.717, 1.165) is 29.0 Å². The minimum atomic E-state index is -0.158. The summed E-state index contributed by atoms with van der Waals surface area (Å²) in [5, 5.41) is 13.5. The molecule has 2 aromatic carbocycles. The van der Waals surface area contributed by atoms with Gasteiger partial charge in [-0.2, -0.15) is 0 Å². The Balaban J connectivity index is 1.35. The summed E-state index contributed by atoms with van der Waals surface area (Å²) in [4.78, 5) is 18.3. The molecule has 10 heteroatoms. The standard InChI is InChI=1S/C27H26N6O4/c1-2-23(26-29-30-31-33(26)14-18-7-4-3-5-8-18)32(16-21-9-6-10-35-21)15-20-11-19-12-24-25(37-17-36-24)13-22(19)28-27(20)34/h3-13,23H,2,14-17H2,1H3,(H,28,34)/t23-/m1/s1. The van der Waals surface area contributed by atoms with Gasteiger partial charge in [0.2, 0.25) is 6.79 Å². The molecule has 0 spiro atoms. The fraction of sp³-hybridized carbons (Fsp3) is 0.259. The number of tetrazole rings is 1. The molecule has 0 saturated carbocycles. The third-order valence-electron chi connectivity index (χ3n) is 6.59. The molecule has 0 radical (unpaired) electrons. The molecule has 0 unspecified atom stereocenters. The van der Waals surface area contributed by atoms with E-state index in [1.54, 1.807) is 12.3 Å². The van der Waals surface area contributed by atoms with Gasteiger partial charge in [-0.15, -0.1) is 5.10 Å². The monoisotopic (exact) mass is 498 g/mol. The van der Waals surface area contributed by atoms with Gasteiger partial charge in [-0.25, -0.2) is 4.68 Å². The Bertz CT molecular complexity index is 1560. The van der Waals surface area contributed by atoms with Crippen molar-refractivity contribution in [2.75, 3.05) is 6.79 Å². The molecule has 0 aliphatic carbocycles.